The molecule has 1 heterocycles. The smallest absolute Gasteiger partial charge is 0.306 e. The van der Waals surface area contributed by atoms with Crippen molar-refractivity contribution in [1.82, 2.24) is 0 Å². The normalized spacial score (nSPS) is 19.1. The number of carboxylic acid groups (broad SMARTS) is 1. The van der Waals surface area contributed by atoms with E-state index in [1.54, 1.807) is 23.1 Å². The summed E-state index contributed by atoms with van der Waals surface area (Å²) in [6.45, 7) is 3.49. The SMILES string of the molecule is CC(=O)N1c2ccc(C(O)CC(=O)O)cc2CC1C. The monoisotopic (exact) mass is 263 g/mol. The number of benzene rings is 1. The Labute approximate surface area is 111 Å². The lowest BCUT2D eigenvalue weighted by molar-refractivity contribution is -0.139. The molecule has 1 aliphatic rings. The maximum absolute atomic E-state index is 11.6. The predicted molar refractivity (Wildman–Crippen MR) is 70.0 cm³/mol. The molecular formula is C14H17NO4. The Morgan fingerprint density at radius 1 is 1.47 bits per heavy atom. The zero-order valence-corrected chi connectivity index (χ0v) is 11.0. The molecule has 0 fully saturated rings. The summed E-state index contributed by atoms with van der Waals surface area (Å²) in [6.07, 6.45) is -0.600. The maximum Gasteiger partial charge on any atom is 0.306 e. The largest absolute Gasteiger partial charge is 0.481 e. The quantitative estimate of drug-likeness (QED) is 0.866. The van der Waals surface area contributed by atoms with Gasteiger partial charge in [0.1, 0.15) is 0 Å². The van der Waals surface area contributed by atoms with Crippen molar-refractivity contribution < 1.29 is 19.8 Å². The Hall–Kier alpha value is -1.88. The molecule has 1 aliphatic heterocycles. The van der Waals surface area contributed by atoms with E-state index >= 15 is 0 Å². The van der Waals surface area contributed by atoms with Crippen LogP contribution in [-0.2, 0) is 16.0 Å². The molecule has 1 aromatic carbocycles. The van der Waals surface area contributed by atoms with Crippen LogP contribution in [0.2, 0.25) is 0 Å². The molecule has 0 saturated carbocycles. The summed E-state index contributed by atoms with van der Waals surface area (Å²) < 4.78 is 0. The van der Waals surface area contributed by atoms with E-state index in [0.29, 0.717) is 5.56 Å². The van der Waals surface area contributed by atoms with Crippen LogP contribution in [0, 0.1) is 0 Å². The van der Waals surface area contributed by atoms with Gasteiger partial charge in [0, 0.05) is 18.7 Å². The number of carbonyl (C=O) groups is 2. The standard InChI is InChI=1S/C14H17NO4/c1-8-5-11-6-10(13(17)7-14(18)19)3-4-12(11)15(8)9(2)16/h3-4,6,8,13,17H,5,7H2,1-2H3,(H,18,19). The van der Waals surface area contributed by atoms with Crippen molar-refractivity contribution in [1.29, 1.82) is 0 Å². The molecule has 1 aromatic rings. The Kier molecular flexibility index (Phi) is 3.57. The lowest BCUT2D eigenvalue weighted by Crippen LogP contribution is -2.33. The third kappa shape index (κ3) is 2.61. The van der Waals surface area contributed by atoms with Crippen LogP contribution in [0.25, 0.3) is 0 Å². The molecule has 102 valence electrons. The average Bonchev–Trinajstić information content (AvgIpc) is 2.62. The van der Waals surface area contributed by atoms with Crippen LogP contribution < -0.4 is 4.90 Å². The van der Waals surface area contributed by atoms with Crippen LogP contribution >= 0.6 is 0 Å². The third-order valence-corrected chi connectivity index (χ3v) is 3.41. The summed E-state index contributed by atoms with van der Waals surface area (Å²) in [5, 5.41) is 18.5. The van der Waals surface area contributed by atoms with Gasteiger partial charge in [0.25, 0.3) is 0 Å². The second-order valence-electron chi connectivity index (χ2n) is 4.94. The number of aliphatic hydroxyl groups excluding tert-OH is 1. The first-order valence-corrected chi connectivity index (χ1v) is 6.22. The highest BCUT2D eigenvalue weighted by Gasteiger charge is 2.29. The molecule has 2 unspecified atom stereocenters. The van der Waals surface area contributed by atoms with Crippen LogP contribution in [0.15, 0.2) is 18.2 Å². The third-order valence-electron chi connectivity index (χ3n) is 3.41. The second-order valence-corrected chi connectivity index (χ2v) is 4.94. The van der Waals surface area contributed by atoms with E-state index in [0.717, 1.165) is 17.7 Å². The van der Waals surface area contributed by atoms with Gasteiger partial charge in [0.15, 0.2) is 0 Å². The number of anilines is 1. The fourth-order valence-electron chi connectivity index (χ4n) is 2.62. The number of rotatable bonds is 3. The summed E-state index contributed by atoms with van der Waals surface area (Å²) in [5.74, 6) is -1.04. The van der Waals surface area contributed by atoms with E-state index in [2.05, 4.69) is 0 Å². The summed E-state index contributed by atoms with van der Waals surface area (Å²) in [6, 6.07) is 5.35. The number of carbonyl (C=O) groups excluding carboxylic acids is 1. The molecule has 2 atom stereocenters. The van der Waals surface area contributed by atoms with E-state index in [1.807, 2.05) is 6.92 Å². The second kappa shape index (κ2) is 5.01. The molecule has 2 N–H and O–H groups in total. The topological polar surface area (TPSA) is 77.8 Å². The number of fused-ring (bicyclic) bond motifs is 1. The van der Waals surface area contributed by atoms with Crippen LogP contribution in [-0.4, -0.2) is 28.1 Å². The van der Waals surface area contributed by atoms with Gasteiger partial charge in [0.05, 0.1) is 12.5 Å². The highest BCUT2D eigenvalue weighted by atomic mass is 16.4. The van der Waals surface area contributed by atoms with Gasteiger partial charge < -0.3 is 15.1 Å². The Morgan fingerprint density at radius 3 is 2.74 bits per heavy atom. The zero-order chi connectivity index (χ0) is 14.2. The van der Waals surface area contributed by atoms with Crippen LogP contribution in [0.1, 0.15) is 37.5 Å². The molecule has 0 bridgehead atoms. The lowest BCUT2D eigenvalue weighted by atomic mass is 10.0. The van der Waals surface area contributed by atoms with E-state index in [4.69, 9.17) is 5.11 Å². The zero-order valence-electron chi connectivity index (χ0n) is 11.0. The summed E-state index contributed by atoms with van der Waals surface area (Å²) in [4.78, 5) is 23.9. The summed E-state index contributed by atoms with van der Waals surface area (Å²) in [7, 11) is 0. The number of aliphatic carboxylic acids is 1. The van der Waals surface area contributed by atoms with Gasteiger partial charge in [-0.15, -0.1) is 0 Å². The molecule has 1 amide bonds. The van der Waals surface area contributed by atoms with Crippen molar-refractivity contribution in [2.75, 3.05) is 4.90 Å². The summed E-state index contributed by atoms with van der Waals surface area (Å²) in [5.41, 5.74) is 2.41. The first kappa shape index (κ1) is 13.5. The maximum atomic E-state index is 11.6. The van der Waals surface area contributed by atoms with Gasteiger partial charge in [-0.05, 0) is 30.5 Å². The van der Waals surface area contributed by atoms with Crippen LogP contribution in [0.4, 0.5) is 5.69 Å². The minimum absolute atomic E-state index is 0.00918. The van der Waals surface area contributed by atoms with Gasteiger partial charge in [-0.3, -0.25) is 9.59 Å². The molecule has 5 heteroatoms. The molecule has 0 aliphatic carbocycles. The lowest BCUT2D eigenvalue weighted by Gasteiger charge is -2.20. The van der Waals surface area contributed by atoms with Gasteiger partial charge in [-0.2, -0.15) is 0 Å². The van der Waals surface area contributed by atoms with Gasteiger partial charge >= 0.3 is 5.97 Å². The average molecular weight is 263 g/mol. The minimum atomic E-state index is -1.04. The van der Waals surface area contributed by atoms with E-state index in [9.17, 15) is 14.7 Å². The van der Waals surface area contributed by atoms with Crippen molar-refractivity contribution in [2.45, 2.75) is 38.8 Å². The van der Waals surface area contributed by atoms with Crippen molar-refractivity contribution >= 4 is 17.6 Å². The first-order chi connectivity index (χ1) is 8.90. The molecule has 0 radical (unpaired) electrons. The van der Waals surface area contributed by atoms with Crippen molar-refractivity contribution in [3.8, 4) is 0 Å². The molecule has 0 aromatic heterocycles. The fraction of sp³-hybridized carbons (Fsp3) is 0.429. The molecule has 0 saturated heterocycles. The van der Waals surface area contributed by atoms with Gasteiger partial charge in [-0.25, -0.2) is 0 Å². The number of carboxylic acids is 1. The number of amides is 1. The highest BCUT2D eigenvalue weighted by molar-refractivity contribution is 5.94. The number of nitrogens with zero attached hydrogens (tertiary/aromatic N) is 1. The van der Waals surface area contributed by atoms with Crippen LogP contribution in [0.3, 0.4) is 0 Å². The molecule has 5 nitrogen and oxygen atoms in total. The molecule has 2 rings (SSSR count). The first-order valence-electron chi connectivity index (χ1n) is 6.22. The Bertz CT molecular complexity index is 526. The van der Waals surface area contributed by atoms with Crippen molar-refractivity contribution in [2.24, 2.45) is 0 Å². The molecule has 19 heavy (non-hydrogen) atoms. The predicted octanol–water partition coefficient (Wildman–Crippen LogP) is 1.49. The Morgan fingerprint density at radius 2 is 2.16 bits per heavy atom. The fourth-order valence-corrected chi connectivity index (χ4v) is 2.62. The number of aliphatic hydroxyl groups is 1. The molecule has 0 spiro atoms. The Balaban J connectivity index is 2.29. The van der Waals surface area contributed by atoms with Crippen molar-refractivity contribution in [3.05, 3.63) is 29.3 Å². The summed E-state index contributed by atoms with van der Waals surface area (Å²) >= 11 is 0. The highest BCUT2D eigenvalue weighted by Crippen LogP contribution is 2.34. The van der Waals surface area contributed by atoms with Gasteiger partial charge in [0.2, 0.25) is 5.91 Å². The number of hydrogen-bond donors (Lipinski definition) is 2. The van der Waals surface area contributed by atoms with E-state index in [-0.39, 0.29) is 18.4 Å². The van der Waals surface area contributed by atoms with Crippen LogP contribution in [0.5, 0.6) is 0 Å². The minimum Gasteiger partial charge on any atom is -0.481 e. The van der Waals surface area contributed by atoms with Crippen molar-refractivity contribution in [3.63, 3.8) is 0 Å². The van der Waals surface area contributed by atoms with Gasteiger partial charge in [-0.1, -0.05) is 12.1 Å². The van der Waals surface area contributed by atoms with E-state index < -0.39 is 12.1 Å². The number of hydrogen-bond acceptors (Lipinski definition) is 3. The van der Waals surface area contributed by atoms with E-state index in [1.165, 1.54) is 6.92 Å². The molecular weight excluding hydrogens is 246 g/mol.